The Hall–Kier alpha value is -3.05. The quantitative estimate of drug-likeness (QED) is 0.295. The molecule has 0 bridgehead atoms. The molecule has 10 nitrogen and oxygen atoms in total. The highest BCUT2D eigenvalue weighted by Crippen LogP contribution is 2.22. The molecule has 3 heterocycles. The molecule has 2 aliphatic heterocycles. The van der Waals surface area contributed by atoms with E-state index in [4.69, 9.17) is 0 Å². The van der Waals surface area contributed by atoms with E-state index in [2.05, 4.69) is 20.9 Å². The maximum absolute atomic E-state index is 13.4. The SMILES string of the molecule is CSCCC(NC(=O)C(Cc1c[nH]c2ccccc12)NC(=O)C1CCCN1C(=O)C1CCCN1)C(=O)O. The molecule has 2 aromatic rings. The third-order valence-corrected chi connectivity index (χ3v) is 7.80. The van der Waals surface area contributed by atoms with Gasteiger partial charge >= 0.3 is 5.97 Å². The zero-order chi connectivity index (χ0) is 26.4. The van der Waals surface area contributed by atoms with Crippen molar-refractivity contribution in [1.82, 2.24) is 25.8 Å². The number of hydrogen-bond acceptors (Lipinski definition) is 6. The molecular formula is C26H35N5O5S. The Morgan fingerprint density at radius 3 is 2.68 bits per heavy atom. The number of aliphatic carboxylic acids is 1. The van der Waals surface area contributed by atoms with Crippen molar-refractivity contribution in [2.45, 2.75) is 62.7 Å². The largest absolute Gasteiger partial charge is 0.480 e. The normalized spacial score (nSPS) is 21.1. The van der Waals surface area contributed by atoms with Crippen LogP contribution in [0.15, 0.2) is 30.5 Å². The van der Waals surface area contributed by atoms with Crippen molar-refractivity contribution in [3.05, 3.63) is 36.0 Å². The molecule has 37 heavy (non-hydrogen) atoms. The van der Waals surface area contributed by atoms with E-state index in [0.717, 1.165) is 35.9 Å². The van der Waals surface area contributed by atoms with Gasteiger partial charge in [-0.1, -0.05) is 18.2 Å². The van der Waals surface area contributed by atoms with Crippen LogP contribution in [0.5, 0.6) is 0 Å². The molecule has 2 saturated heterocycles. The number of benzene rings is 1. The lowest BCUT2D eigenvalue weighted by molar-refractivity contribution is -0.143. The average Bonchev–Trinajstić information content (AvgIpc) is 3.66. The Morgan fingerprint density at radius 2 is 1.95 bits per heavy atom. The number of aromatic nitrogens is 1. The average molecular weight is 530 g/mol. The van der Waals surface area contributed by atoms with Gasteiger partial charge < -0.3 is 30.9 Å². The molecule has 200 valence electrons. The zero-order valence-electron chi connectivity index (χ0n) is 21.0. The van der Waals surface area contributed by atoms with Gasteiger partial charge in [-0.15, -0.1) is 0 Å². The van der Waals surface area contributed by atoms with Crippen LogP contribution >= 0.6 is 11.8 Å². The standard InChI is InChI=1S/C26H35N5O5S/c1-37-13-10-20(26(35)36)29-23(32)21(14-16-15-28-18-7-3-2-6-17(16)18)30-24(33)22-9-5-12-31(22)25(34)19-8-4-11-27-19/h2-3,6-7,15,19-22,27-28H,4-5,8-14H2,1H3,(H,29,32)(H,30,33)(H,35,36). The fraction of sp³-hybridized carbons (Fsp3) is 0.538. The van der Waals surface area contributed by atoms with E-state index in [1.165, 1.54) is 11.8 Å². The zero-order valence-corrected chi connectivity index (χ0v) is 21.8. The van der Waals surface area contributed by atoms with Gasteiger partial charge in [0.25, 0.3) is 0 Å². The number of amides is 3. The minimum absolute atomic E-state index is 0.0733. The van der Waals surface area contributed by atoms with Crippen LogP contribution in [0.4, 0.5) is 0 Å². The highest BCUT2D eigenvalue weighted by Gasteiger charge is 2.39. The lowest BCUT2D eigenvalue weighted by Gasteiger charge is -2.28. The predicted molar refractivity (Wildman–Crippen MR) is 142 cm³/mol. The molecule has 5 N–H and O–H groups in total. The minimum Gasteiger partial charge on any atom is -0.480 e. The molecule has 4 atom stereocenters. The summed E-state index contributed by atoms with van der Waals surface area (Å²) in [4.78, 5) is 56.4. The van der Waals surface area contributed by atoms with Crippen molar-refractivity contribution in [2.75, 3.05) is 25.1 Å². The first kappa shape index (κ1) is 27.0. The van der Waals surface area contributed by atoms with Crippen molar-refractivity contribution in [2.24, 2.45) is 0 Å². The molecule has 4 rings (SSSR count). The van der Waals surface area contributed by atoms with E-state index in [-0.39, 0.29) is 30.7 Å². The van der Waals surface area contributed by atoms with Gasteiger partial charge in [-0.2, -0.15) is 11.8 Å². The first-order chi connectivity index (χ1) is 17.9. The highest BCUT2D eigenvalue weighted by molar-refractivity contribution is 7.98. The number of likely N-dealkylation sites (tertiary alicyclic amines) is 1. The van der Waals surface area contributed by atoms with E-state index in [1.54, 1.807) is 11.1 Å². The van der Waals surface area contributed by atoms with Gasteiger partial charge in [0, 0.05) is 30.1 Å². The monoisotopic (exact) mass is 529 g/mol. The second kappa shape index (κ2) is 12.5. The lowest BCUT2D eigenvalue weighted by atomic mass is 10.0. The maximum Gasteiger partial charge on any atom is 0.326 e. The van der Waals surface area contributed by atoms with Crippen molar-refractivity contribution in [3.63, 3.8) is 0 Å². The number of carbonyl (C=O) groups excluding carboxylic acids is 3. The Balaban J connectivity index is 1.52. The summed E-state index contributed by atoms with van der Waals surface area (Å²) in [5.74, 6) is -1.56. The van der Waals surface area contributed by atoms with E-state index in [9.17, 15) is 24.3 Å². The Bertz CT molecular complexity index is 1130. The van der Waals surface area contributed by atoms with Crippen molar-refractivity contribution >= 4 is 46.4 Å². The number of thioether (sulfide) groups is 1. The molecule has 2 aliphatic rings. The molecule has 0 saturated carbocycles. The van der Waals surface area contributed by atoms with Crippen LogP contribution in [0.25, 0.3) is 10.9 Å². The topological polar surface area (TPSA) is 144 Å². The lowest BCUT2D eigenvalue weighted by Crippen LogP contribution is -2.57. The molecule has 0 spiro atoms. The molecule has 4 unspecified atom stereocenters. The van der Waals surface area contributed by atoms with Crippen molar-refractivity contribution in [1.29, 1.82) is 0 Å². The highest BCUT2D eigenvalue weighted by atomic mass is 32.2. The summed E-state index contributed by atoms with van der Waals surface area (Å²) in [5, 5.41) is 19.2. The molecular weight excluding hydrogens is 494 g/mol. The Morgan fingerprint density at radius 1 is 1.14 bits per heavy atom. The molecule has 2 fully saturated rings. The van der Waals surface area contributed by atoms with Crippen LogP contribution in [-0.2, 0) is 25.6 Å². The predicted octanol–water partition coefficient (Wildman–Crippen LogP) is 1.26. The second-order valence-electron chi connectivity index (χ2n) is 9.64. The summed E-state index contributed by atoms with van der Waals surface area (Å²) in [6.45, 7) is 1.29. The maximum atomic E-state index is 13.4. The van der Waals surface area contributed by atoms with Gasteiger partial charge in [-0.05, 0) is 62.3 Å². The summed E-state index contributed by atoms with van der Waals surface area (Å²) < 4.78 is 0. The molecule has 0 radical (unpaired) electrons. The number of carbonyl (C=O) groups is 4. The number of para-hydroxylation sites is 1. The first-order valence-electron chi connectivity index (χ1n) is 12.8. The summed E-state index contributed by atoms with van der Waals surface area (Å²) in [5.41, 5.74) is 1.74. The van der Waals surface area contributed by atoms with Crippen LogP contribution in [0.2, 0.25) is 0 Å². The first-order valence-corrected chi connectivity index (χ1v) is 14.2. The fourth-order valence-corrected chi connectivity index (χ4v) is 5.63. The van der Waals surface area contributed by atoms with Crippen LogP contribution in [0.3, 0.4) is 0 Å². The Labute approximate surface area is 220 Å². The number of aromatic amines is 1. The third kappa shape index (κ3) is 6.45. The minimum atomic E-state index is -1.11. The summed E-state index contributed by atoms with van der Waals surface area (Å²) >= 11 is 1.50. The number of hydrogen-bond donors (Lipinski definition) is 5. The van der Waals surface area contributed by atoms with Crippen LogP contribution in [-0.4, -0.2) is 87.9 Å². The second-order valence-corrected chi connectivity index (χ2v) is 10.6. The van der Waals surface area contributed by atoms with Gasteiger partial charge in [0.2, 0.25) is 17.7 Å². The molecule has 11 heteroatoms. The summed E-state index contributed by atoms with van der Waals surface area (Å²) in [6.07, 6.45) is 7.05. The summed E-state index contributed by atoms with van der Waals surface area (Å²) in [6, 6.07) is 4.69. The molecule has 1 aromatic heterocycles. The number of carboxylic acid groups (broad SMARTS) is 1. The van der Waals surface area contributed by atoms with Crippen molar-refractivity contribution < 1.29 is 24.3 Å². The van der Waals surface area contributed by atoms with Crippen LogP contribution in [0, 0.1) is 0 Å². The van der Waals surface area contributed by atoms with Gasteiger partial charge in [0.15, 0.2) is 0 Å². The van der Waals surface area contributed by atoms with E-state index in [0.29, 0.717) is 25.1 Å². The smallest absolute Gasteiger partial charge is 0.326 e. The van der Waals surface area contributed by atoms with Gasteiger partial charge in [0.05, 0.1) is 6.04 Å². The Kier molecular flexibility index (Phi) is 9.09. The van der Waals surface area contributed by atoms with E-state index in [1.807, 2.05) is 30.5 Å². The number of fused-ring (bicyclic) bond motifs is 1. The number of nitrogens with zero attached hydrogens (tertiary/aromatic N) is 1. The molecule has 3 amide bonds. The number of rotatable bonds is 11. The number of nitrogens with one attached hydrogen (secondary N) is 4. The molecule has 1 aromatic carbocycles. The summed E-state index contributed by atoms with van der Waals surface area (Å²) in [7, 11) is 0. The molecule has 0 aliphatic carbocycles. The van der Waals surface area contributed by atoms with E-state index >= 15 is 0 Å². The van der Waals surface area contributed by atoms with E-state index < -0.39 is 30.0 Å². The number of carboxylic acids is 1. The number of H-pyrrole nitrogens is 1. The van der Waals surface area contributed by atoms with Gasteiger partial charge in [-0.3, -0.25) is 14.4 Å². The van der Waals surface area contributed by atoms with Crippen LogP contribution < -0.4 is 16.0 Å². The van der Waals surface area contributed by atoms with Crippen LogP contribution in [0.1, 0.15) is 37.7 Å². The fourth-order valence-electron chi connectivity index (χ4n) is 5.16. The van der Waals surface area contributed by atoms with Gasteiger partial charge in [0.1, 0.15) is 18.1 Å². The van der Waals surface area contributed by atoms with Crippen molar-refractivity contribution in [3.8, 4) is 0 Å². The van der Waals surface area contributed by atoms with Gasteiger partial charge in [-0.25, -0.2) is 4.79 Å². The third-order valence-electron chi connectivity index (χ3n) is 7.15.